The van der Waals surface area contributed by atoms with E-state index in [1.807, 2.05) is 47.8 Å². The van der Waals surface area contributed by atoms with Crippen LogP contribution in [0.2, 0.25) is 10.0 Å². The van der Waals surface area contributed by atoms with Crippen molar-refractivity contribution in [3.8, 4) is 6.07 Å². The summed E-state index contributed by atoms with van der Waals surface area (Å²) in [6.45, 7) is 3.28. The molecule has 1 saturated heterocycles. The van der Waals surface area contributed by atoms with Crippen LogP contribution in [0.1, 0.15) is 45.2 Å². The maximum Gasteiger partial charge on any atom is 0.255 e. The molecule has 0 saturated carbocycles. The minimum Gasteiger partial charge on any atom is -0.337 e. The van der Waals surface area contributed by atoms with Crippen LogP contribution in [0, 0.1) is 11.3 Å². The number of benzene rings is 3. The molecule has 1 aliphatic heterocycles. The van der Waals surface area contributed by atoms with E-state index in [1.54, 1.807) is 18.2 Å². The average Bonchev–Trinajstić information content (AvgIpc) is 3.25. The van der Waals surface area contributed by atoms with Crippen molar-refractivity contribution in [3.63, 3.8) is 0 Å². The standard InChI is InChI=1S/C30H27Cl2N5O/c31-25-10-11-27(28(32)16-25)30(38)35-13-12-29(24-4-2-1-3-5-24)36(15-14-35)20-26-18-34-21-37(26)19-23-8-6-22(17-33)7-9-23/h1-11,16,18,21,29H,12-15,19-20H2. The number of nitrogens with zero attached hydrogens (tertiary/aromatic N) is 5. The summed E-state index contributed by atoms with van der Waals surface area (Å²) in [5.41, 5.74) is 4.55. The van der Waals surface area contributed by atoms with Gasteiger partial charge in [-0.15, -0.1) is 0 Å². The highest BCUT2D eigenvalue weighted by Gasteiger charge is 2.29. The molecule has 0 radical (unpaired) electrons. The van der Waals surface area contributed by atoms with Crippen LogP contribution in [-0.4, -0.2) is 44.9 Å². The summed E-state index contributed by atoms with van der Waals surface area (Å²) in [6.07, 6.45) is 4.55. The molecule has 192 valence electrons. The van der Waals surface area contributed by atoms with Crippen LogP contribution in [-0.2, 0) is 13.1 Å². The van der Waals surface area contributed by atoms with Gasteiger partial charge >= 0.3 is 0 Å². The van der Waals surface area contributed by atoms with Gasteiger partial charge in [-0.2, -0.15) is 5.26 Å². The van der Waals surface area contributed by atoms with Crippen LogP contribution in [0.4, 0.5) is 0 Å². The van der Waals surface area contributed by atoms with Gasteiger partial charge in [0.2, 0.25) is 0 Å². The Bertz CT molecular complexity index is 1450. The zero-order chi connectivity index (χ0) is 26.5. The molecular weight excluding hydrogens is 517 g/mol. The van der Waals surface area contributed by atoms with E-state index in [9.17, 15) is 4.79 Å². The molecule has 8 heteroatoms. The highest BCUT2D eigenvalue weighted by Crippen LogP contribution is 2.30. The van der Waals surface area contributed by atoms with Gasteiger partial charge in [0.05, 0.1) is 34.2 Å². The first-order valence-electron chi connectivity index (χ1n) is 12.5. The lowest BCUT2D eigenvalue weighted by atomic mass is 10.0. The molecule has 1 amide bonds. The Hall–Kier alpha value is -3.63. The van der Waals surface area contributed by atoms with E-state index in [0.29, 0.717) is 53.9 Å². The van der Waals surface area contributed by atoms with Crippen LogP contribution >= 0.6 is 23.2 Å². The molecule has 0 aliphatic carbocycles. The van der Waals surface area contributed by atoms with Gasteiger partial charge < -0.3 is 9.47 Å². The first kappa shape index (κ1) is 26.0. The molecule has 2 heterocycles. The second kappa shape index (κ2) is 11.8. The first-order valence-corrected chi connectivity index (χ1v) is 13.3. The predicted octanol–water partition coefficient (Wildman–Crippen LogP) is 6.20. The van der Waals surface area contributed by atoms with E-state index < -0.39 is 0 Å². The summed E-state index contributed by atoms with van der Waals surface area (Å²) in [5, 5.41) is 9.97. The van der Waals surface area contributed by atoms with E-state index in [4.69, 9.17) is 28.5 Å². The van der Waals surface area contributed by atoms with Gasteiger partial charge in [0, 0.05) is 50.0 Å². The van der Waals surface area contributed by atoms with Gasteiger partial charge in [-0.25, -0.2) is 4.98 Å². The lowest BCUT2D eigenvalue weighted by Crippen LogP contribution is -2.35. The Labute approximate surface area is 232 Å². The predicted molar refractivity (Wildman–Crippen MR) is 149 cm³/mol. The van der Waals surface area contributed by atoms with E-state index in [2.05, 4.69) is 44.8 Å². The van der Waals surface area contributed by atoms with Crippen molar-refractivity contribution in [2.75, 3.05) is 19.6 Å². The number of carbonyl (C=O) groups is 1. The summed E-state index contributed by atoms with van der Waals surface area (Å²) in [6, 6.07) is 25.4. The molecule has 4 aromatic rings. The summed E-state index contributed by atoms with van der Waals surface area (Å²) < 4.78 is 2.14. The molecule has 38 heavy (non-hydrogen) atoms. The lowest BCUT2D eigenvalue weighted by molar-refractivity contribution is 0.0761. The zero-order valence-corrected chi connectivity index (χ0v) is 22.3. The van der Waals surface area contributed by atoms with Gasteiger partial charge in [-0.3, -0.25) is 9.69 Å². The average molecular weight is 544 g/mol. The lowest BCUT2D eigenvalue weighted by Gasteiger charge is -2.30. The molecule has 1 aliphatic rings. The molecule has 1 atom stereocenters. The Morgan fingerprint density at radius 1 is 0.974 bits per heavy atom. The van der Waals surface area contributed by atoms with E-state index in [-0.39, 0.29) is 11.9 Å². The maximum absolute atomic E-state index is 13.4. The van der Waals surface area contributed by atoms with Crippen molar-refractivity contribution in [1.82, 2.24) is 19.4 Å². The van der Waals surface area contributed by atoms with Gasteiger partial charge in [0.25, 0.3) is 5.91 Å². The number of aromatic nitrogens is 2. The van der Waals surface area contributed by atoms with Crippen LogP contribution < -0.4 is 0 Å². The van der Waals surface area contributed by atoms with Crippen molar-refractivity contribution in [2.45, 2.75) is 25.6 Å². The fourth-order valence-electron chi connectivity index (χ4n) is 4.97. The van der Waals surface area contributed by atoms with Crippen molar-refractivity contribution in [1.29, 1.82) is 5.26 Å². The molecule has 5 rings (SSSR count). The first-order chi connectivity index (χ1) is 18.5. The molecule has 3 aromatic carbocycles. The molecule has 6 nitrogen and oxygen atoms in total. The fraction of sp³-hybridized carbons (Fsp3) is 0.233. The largest absolute Gasteiger partial charge is 0.337 e. The maximum atomic E-state index is 13.4. The molecule has 1 aromatic heterocycles. The number of hydrogen-bond donors (Lipinski definition) is 0. The molecular formula is C30H27Cl2N5O. The summed E-state index contributed by atoms with van der Waals surface area (Å²) in [7, 11) is 0. The number of nitriles is 1. The van der Waals surface area contributed by atoms with E-state index in [1.165, 1.54) is 5.56 Å². The normalized spacial score (nSPS) is 16.1. The molecule has 0 spiro atoms. The van der Waals surface area contributed by atoms with Gasteiger partial charge in [-0.1, -0.05) is 65.7 Å². The van der Waals surface area contributed by atoms with E-state index in [0.717, 1.165) is 17.7 Å². The smallest absolute Gasteiger partial charge is 0.255 e. The Balaban J connectivity index is 1.37. The summed E-state index contributed by atoms with van der Waals surface area (Å²) in [5.74, 6) is -0.0776. The third kappa shape index (κ3) is 5.92. The SMILES string of the molecule is N#Cc1ccc(Cn2cncc2CN2CCN(C(=O)c3ccc(Cl)cc3Cl)CCC2c2ccccc2)cc1. The van der Waals surface area contributed by atoms with Crippen LogP contribution in [0.3, 0.4) is 0 Å². The second-order valence-electron chi connectivity index (χ2n) is 9.42. The Kier molecular flexibility index (Phi) is 8.09. The summed E-state index contributed by atoms with van der Waals surface area (Å²) in [4.78, 5) is 22.1. The van der Waals surface area contributed by atoms with E-state index >= 15 is 0 Å². The van der Waals surface area contributed by atoms with Gasteiger partial charge in [-0.05, 0) is 47.9 Å². The Morgan fingerprint density at radius 2 is 1.76 bits per heavy atom. The number of halogens is 2. The number of hydrogen-bond acceptors (Lipinski definition) is 4. The number of imidazole rings is 1. The third-order valence-electron chi connectivity index (χ3n) is 7.00. The van der Waals surface area contributed by atoms with Crippen LogP contribution in [0.25, 0.3) is 0 Å². The summed E-state index contributed by atoms with van der Waals surface area (Å²) >= 11 is 12.4. The minimum absolute atomic E-state index is 0.0776. The minimum atomic E-state index is -0.0776. The number of carbonyl (C=O) groups excluding carboxylic acids is 1. The molecule has 0 bridgehead atoms. The van der Waals surface area contributed by atoms with Gasteiger partial charge in [0.15, 0.2) is 0 Å². The zero-order valence-electron chi connectivity index (χ0n) is 20.8. The van der Waals surface area contributed by atoms with Crippen molar-refractivity contribution < 1.29 is 4.79 Å². The van der Waals surface area contributed by atoms with Crippen LogP contribution in [0.5, 0.6) is 0 Å². The highest BCUT2D eigenvalue weighted by molar-refractivity contribution is 6.36. The second-order valence-corrected chi connectivity index (χ2v) is 10.3. The molecule has 1 unspecified atom stereocenters. The monoisotopic (exact) mass is 543 g/mol. The van der Waals surface area contributed by atoms with Crippen molar-refractivity contribution >= 4 is 29.1 Å². The van der Waals surface area contributed by atoms with Gasteiger partial charge in [0.1, 0.15) is 0 Å². The van der Waals surface area contributed by atoms with Crippen molar-refractivity contribution in [2.24, 2.45) is 0 Å². The van der Waals surface area contributed by atoms with Crippen LogP contribution in [0.15, 0.2) is 85.3 Å². The number of rotatable bonds is 6. The fourth-order valence-corrected chi connectivity index (χ4v) is 5.46. The third-order valence-corrected chi connectivity index (χ3v) is 7.55. The quantitative estimate of drug-likeness (QED) is 0.290. The Morgan fingerprint density at radius 3 is 2.50 bits per heavy atom. The van der Waals surface area contributed by atoms with Crippen molar-refractivity contribution in [3.05, 3.63) is 123 Å². The topological polar surface area (TPSA) is 65.2 Å². The molecule has 0 N–H and O–H groups in total. The highest BCUT2D eigenvalue weighted by atomic mass is 35.5. The number of amides is 1. The molecule has 1 fully saturated rings.